The van der Waals surface area contributed by atoms with Gasteiger partial charge in [0.25, 0.3) is 0 Å². The van der Waals surface area contributed by atoms with E-state index in [2.05, 4.69) is 22.3 Å². The fourth-order valence-corrected chi connectivity index (χ4v) is 3.28. The number of nitrogens with zero attached hydrogens (tertiary/aromatic N) is 3. The number of rotatable bonds is 3. The molecule has 2 aromatic carbocycles. The van der Waals surface area contributed by atoms with Crippen LogP contribution in [0.3, 0.4) is 0 Å². The topological polar surface area (TPSA) is 50.3 Å². The van der Waals surface area contributed by atoms with E-state index in [1.165, 1.54) is 11.3 Å². The monoisotopic (exact) mass is 320 g/mol. The first-order chi connectivity index (χ1) is 11.8. The Balaban J connectivity index is 1.84. The minimum absolute atomic E-state index is 0.740. The van der Waals surface area contributed by atoms with Crippen LogP contribution in [0.2, 0.25) is 0 Å². The number of nitrogens with one attached hydrogen (secondary N) is 1. The molecule has 0 aliphatic carbocycles. The summed E-state index contributed by atoms with van der Waals surface area (Å²) in [7, 11) is 3.60. The third-order valence-electron chi connectivity index (χ3n) is 4.47. The minimum Gasteiger partial charge on any atom is -0.497 e. The number of benzene rings is 2. The van der Waals surface area contributed by atoms with Crippen LogP contribution >= 0.6 is 0 Å². The summed E-state index contributed by atoms with van der Waals surface area (Å²) in [6.07, 6.45) is 2.13. The normalized spacial score (nSPS) is 13.7. The van der Waals surface area contributed by atoms with Gasteiger partial charge in [0.15, 0.2) is 0 Å². The van der Waals surface area contributed by atoms with Crippen LogP contribution in [0, 0.1) is 0 Å². The number of anilines is 3. The summed E-state index contributed by atoms with van der Waals surface area (Å²) in [5.74, 6) is 2.49. The lowest BCUT2D eigenvalue weighted by Crippen LogP contribution is -2.26. The van der Waals surface area contributed by atoms with Gasteiger partial charge in [0, 0.05) is 24.7 Å². The van der Waals surface area contributed by atoms with Crippen LogP contribution in [0.4, 0.5) is 17.5 Å². The molecule has 0 fully saturated rings. The molecule has 0 unspecified atom stereocenters. The standard InChI is InChI=1S/C19H20N4O/c1-20-18-15-7-3-4-8-16(15)21-19(22-18)23-11-5-6-13-12-14(24-2)9-10-17(13)23/h3-4,7-10,12H,5-6,11H2,1-2H3,(H,20,21,22). The number of fused-ring (bicyclic) bond motifs is 2. The molecule has 4 rings (SSSR count). The Morgan fingerprint density at radius 1 is 1.12 bits per heavy atom. The second-order valence-corrected chi connectivity index (χ2v) is 5.89. The van der Waals surface area contributed by atoms with Crippen LogP contribution in [-0.4, -0.2) is 30.7 Å². The summed E-state index contributed by atoms with van der Waals surface area (Å²) in [5.41, 5.74) is 3.40. The second-order valence-electron chi connectivity index (χ2n) is 5.89. The van der Waals surface area contributed by atoms with Gasteiger partial charge in [0.2, 0.25) is 5.95 Å². The van der Waals surface area contributed by atoms with Crippen molar-refractivity contribution < 1.29 is 4.74 Å². The van der Waals surface area contributed by atoms with Crippen molar-refractivity contribution in [2.45, 2.75) is 12.8 Å². The van der Waals surface area contributed by atoms with Crippen molar-refractivity contribution in [3.63, 3.8) is 0 Å². The van der Waals surface area contributed by atoms with E-state index in [1.54, 1.807) is 7.11 Å². The molecule has 5 nitrogen and oxygen atoms in total. The predicted octanol–water partition coefficient (Wildman–Crippen LogP) is 3.76. The molecule has 0 atom stereocenters. The zero-order valence-corrected chi connectivity index (χ0v) is 13.9. The van der Waals surface area contributed by atoms with Gasteiger partial charge < -0.3 is 15.0 Å². The van der Waals surface area contributed by atoms with E-state index < -0.39 is 0 Å². The summed E-state index contributed by atoms with van der Waals surface area (Å²) in [6.45, 7) is 0.917. The van der Waals surface area contributed by atoms with Crippen LogP contribution in [0.1, 0.15) is 12.0 Å². The molecule has 0 amide bonds. The molecular formula is C19H20N4O. The molecule has 2 heterocycles. The Morgan fingerprint density at radius 2 is 2.00 bits per heavy atom. The number of hydrogen-bond acceptors (Lipinski definition) is 5. The van der Waals surface area contributed by atoms with Gasteiger partial charge in [-0.15, -0.1) is 0 Å². The first-order valence-electron chi connectivity index (χ1n) is 8.19. The average Bonchev–Trinajstić information content (AvgIpc) is 2.66. The number of ether oxygens (including phenoxy) is 1. The molecular weight excluding hydrogens is 300 g/mol. The maximum absolute atomic E-state index is 5.36. The van der Waals surface area contributed by atoms with E-state index in [-0.39, 0.29) is 0 Å². The molecule has 0 bridgehead atoms. The van der Waals surface area contributed by atoms with Crippen molar-refractivity contribution in [3.8, 4) is 5.75 Å². The summed E-state index contributed by atoms with van der Waals surface area (Å²) in [6, 6.07) is 14.3. The summed E-state index contributed by atoms with van der Waals surface area (Å²) < 4.78 is 5.36. The molecule has 0 radical (unpaired) electrons. The molecule has 1 aliphatic heterocycles. The van der Waals surface area contributed by atoms with E-state index in [0.717, 1.165) is 47.8 Å². The molecule has 5 heteroatoms. The highest BCUT2D eigenvalue weighted by Crippen LogP contribution is 2.35. The lowest BCUT2D eigenvalue weighted by Gasteiger charge is -2.30. The maximum Gasteiger partial charge on any atom is 0.232 e. The molecule has 24 heavy (non-hydrogen) atoms. The zero-order valence-electron chi connectivity index (χ0n) is 13.9. The quantitative estimate of drug-likeness (QED) is 0.796. The molecule has 3 aromatic rings. The molecule has 0 saturated carbocycles. The number of aryl methyl sites for hydroxylation is 1. The van der Waals surface area contributed by atoms with Gasteiger partial charge in [-0.3, -0.25) is 0 Å². The molecule has 1 aromatic heterocycles. The Kier molecular flexibility index (Phi) is 3.69. The van der Waals surface area contributed by atoms with Gasteiger partial charge in [-0.1, -0.05) is 12.1 Å². The lowest BCUT2D eigenvalue weighted by molar-refractivity contribution is 0.414. The fourth-order valence-electron chi connectivity index (χ4n) is 3.28. The lowest BCUT2D eigenvalue weighted by atomic mass is 10.0. The Labute approximate surface area is 141 Å². The van der Waals surface area contributed by atoms with Gasteiger partial charge in [-0.05, 0) is 48.7 Å². The van der Waals surface area contributed by atoms with Crippen molar-refractivity contribution in [1.82, 2.24) is 9.97 Å². The smallest absolute Gasteiger partial charge is 0.232 e. The van der Waals surface area contributed by atoms with Crippen LogP contribution in [0.5, 0.6) is 5.75 Å². The Morgan fingerprint density at radius 3 is 2.83 bits per heavy atom. The van der Waals surface area contributed by atoms with Crippen LogP contribution in [0.15, 0.2) is 42.5 Å². The fraction of sp³-hybridized carbons (Fsp3) is 0.263. The number of para-hydroxylation sites is 1. The maximum atomic E-state index is 5.36. The average molecular weight is 320 g/mol. The van der Waals surface area contributed by atoms with Crippen molar-refractivity contribution in [2.75, 3.05) is 30.9 Å². The van der Waals surface area contributed by atoms with Crippen molar-refractivity contribution in [3.05, 3.63) is 48.0 Å². The van der Waals surface area contributed by atoms with Crippen molar-refractivity contribution in [2.24, 2.45) is 0 Å². The SMILES string of the molecule is CNc1nc(N2CCCc3cc(OC)ccc32)nc2ccccc12. The Hall–Kier alpha value is -2.82. The third kappa shape index (κ3) is 2.42. The van der Waals surface area contributed by atoms with Gasteiger partial charge in [-0.2, -0.15) is 4.98 Å². The number of hydrogen-bond donors (Lipinski definition) is 1. The highest BCUT2D eigenvalue weighted by atomic mass is 16.5. The Bertz CT molecular complexity index is 894. The minimum atomic E-state index is 0.740. The predicted molar refractivity (Wildman–Crippen MR) is 97.4 cm³/mol. The first kappa shape index (κ1) is 14.8. The third-order valence-corrected chi connectivity index (χ3v) is 4.47. The summed E-state index contributed by atoms with van der Waals surface area (Å²) in [5, 5.41) is 4.23. The van der Waals surface area contributed by atoms with Gasteiger partial charge >= 0.3 is 0 Å². The highest BCUT2D eigenvalue weighted by Gasteiger charge is 2.22. The second kappa shape index (κ2) is 6.00. The van der Waals surface area contributed by atoms with Crippen molar-refractivity contribution >= 4 is 28.4 Å². The van der Waals surface area contributed by atoms with Gasteiger partial charge in [-0.25, -0.2) is 4.98 Å². The van der Waals surface area contributed by atoms with E-state index >= 15 is 0 Å². The number of methoxy groups -OCH3 is 1. The van der Waals surface area contributed by atoms with Crippen LogP contribution in [-0.2, 0) is 6.42 Å². The van der Waals surface area contributed by atoms with E-state index in [1.807, 2.05) is 37.4 Å². The van der Waals surface area contributed by atoms with Gasteiger partial charge in [0.05, 0.1) is 12.6 Å². The largest absolute Gasteiger partial charge is 0.497 e. The molecule has 0 spiro atoms. The van der Waals surface area contributed by atoms with Crippen molar-refractivity contribution in [1.29, 1.82) is 0 Å². The summed E-state index contributed by atoms with van der Waals surface area (Å²) >= 11 is 0. The molecule has 1 N–H and O–H groups in total. The van der Waals surface area contributed by atoms with E-state index in [0.29, 0.717) is 0 Å². The first-order valence-corrected chi connectivity index (χ1v) is 8.19. The van der Waals surface area contributed by atoms with Crippen LogP contribution < -0.4 is 15.0 Å². The molecule has 0 saturated heterocycles. The molecule has 122 valence electrons. The van der Waals surface area contributed by atoms with E-state index in [4.69, 9.17) is 14.7 Å². The summed E-state index contributed by atoms with van der Waals surface area (Å²) in [4.78, 5) is 11.7. The van der Waals surface area contributed by atoms with E-state index in [9.17, 15) is 0 Å². The zero-order chi connectivity index (χ0) is 16.5. The van der Waals surface area contributed by atoms with Crippen LogP contribution in [0.25, 0.3) is 10.9 Å². The highest BCUT2D eigenvalue weighted by molar-refractivity contribution is 5.90. The number of aromatic nitrogens is 2. The van der Waals surface area contributed by atoms with Gasteiger partial charge in [0.1, 0.15) is 11.6 Å². The molecule has 1 aliphatic rings.